The number of carboxylic acid groups (broad SMARTS) is 1. The Labute approximate surface area is 140 Å². The number of rotatable bonds is 13. The van der Waals surface area contributed by atoms with Crippen LogP contribution in [0.2, 0.25) is 0 Å². The summed E-state index contributed by atoms with van der Waals surface area (Å²) < 4.78 is 5.46. The van der Waals surface area contributed by atoms with Crippen molar-refractivity contribution in [2.24, 2.45) is 0 Å². The molecule has 0 bridgehead atoms. The van der Waals surface area contributed by atoms with Gasteiger partial charge in [-0.25, -0.2) is 0 Å². The van der Waals surface area contributed by atoms with Crippen molar-refractivity contribution in [2.45, 2.75) is 70.5 Å². The van der Waals surface area contributed by atoms with Crippen LogP contribution in [-0.2, 0) is 9.53 Å². The van der Waals surface area contributed by atoms with E-state index in [0.717, 1.165) is 12.8 Å². The number of hydrogen-bond donors (Lipinski definition) is 1. The molecule has 0 unspecified atom stereocenters. The molecule has 1 heterocycles. The Balaban J connectivity index is 1.99. The third-order valence-corrected chi connectivity index (χ3v) is 3.68. The smallest absolute Gasteiger partial charge is 0.303 e. The summed E-state index contributed by atoms with van der Waals surface area (Å²) in [5.41, 5.74) is 0. The minimum atomic E-state index is -0.733. The second-order valence-corrected chi connectivity index (χ2v) is 5.83. The molecule has 1 fully saturated rings. The van der Waals surface area contributed by atoms with Crippen LogP contribution in [0.1, 0.15) is 58.3 Å². The van der Waals surface area contributed by atoms with Gasteiger partial charge in [-0.05, 0) is 32.1 Å². The van der Waals surface area contributed by atoms with Crippen molar-refractivity contribution in [1.29, 1.82) is 0 Å². The van der Waals surface area contributed by atoms with E-state index in [1.807, 2.05) is 24.3 Å². The first-order valence-corrected chi connectivity index (χ1v) is 8.76. The molecule has 0 amide bonds. The summed E-state index contributed by atoms with van der Waals surface area (Å²) in [7, 11) is 0. The number of allylic oxidation sites excluding steroid dienone is 7. The average molecular weight is 318 g/mol. The standard InChI is InChI=1S/C20H30O3/c1-2-3-4-5-6-7-8-9-10-11-12-13-15-18-19(23-18)16-14-17-20(21)22/h6-7,9-13,15,18-19H,2-5,8,14,16-17H2,1H3,(H,21,22)/b7-6-,10-9-,12-11-,15-13+/t18-,19+/m0/s1. The molecule has 1 aliphatic rings. The lowest BCUT2D eigenvalue weighted by Gasteiger charge is -1.91. The van der Waals surface area contributed by atoms with E-state index in [2.05, 4.69) is 31.2 Å². The molecule has 0 radical (unpaired) electrons. The summed E-state index contributed by atoms with van der Waals surface area (Å²) in [6, 6.07) is 0. The number of carbonyl (C=O) groups is 1. The molecule has 128 valence electrons. The zero-order valence-electron chi connectivity index (χ0n) is 14.2. The largest absolute Gasteiger partial charge is 0.481 e. The Morgan fingerprint density at radius 2 is 1.87 bits per heavy atom. The van der Waals surface area contributed by atoms with E-state index in [-0.39, 0.29) is 18.6 Å². The minimum absolute atomic E-state index is 0.170. The van der Waals surface area contributed by atoms with Gasteiger partial charge in [0.2, 0.25) is 0 Å². The van der Waals surface area contributed by atoms with Crippen LogP contribution in [0.5, 0.6) is 0 Å². The fourth-order valence-electron chi connectivity index (χ4n) is 2.28. The van der Waals surface area contributed by atoms with Crippen LogP contribution in [0.15, 0.2) is 48.6 Å². The maximum atomic E-state index is 10.4. The van der Waals surface area contributed by atoms with Gasteiger partial charge >= 0.3 is 5.97 Å². The van der Waals surface area contributed by atoms with Crippen LogP contribution in [0.25, 0.3) is 0 Å². The van der Waals surface area contributed by atoms with E-state index in [4.69, 9.17) is 9.84 Å². The maximum absolute atomic E-state index is 10.4. The lowest BCUT2D eigenvalue weighted by atomic mass is 10.1. The maximum Gasteiger partial charge on any atom is 0.303 e. The Bertz CT molecular complexity index is 432. The van der Waals surface area contributed by atoms with E-state index < -0.39 is 5.97 Å². The highest BCUT2D eigenvalue weighted by atomic mass is 16.6. The average Bonchev–Trinajstić information content (AvgIpc) is 3.26. The normalized spacial score (nSPS) is 21.3. The second kappa shape index (κ2) is 12.9. The molecule has 0 aromatic rings. The first-order chi connectivity index (χ1) is 11.2. The molecule has 0 aromatic heterocycles. The van der Waals surface area contributed by atoms with Gasteiger partial charge in [-0.1, -0.05) is 68.4 Å². The molecule has 0 saturated carbocycles. The van der Waals surface area contributed by atoms with E-state index in [9.17, 15) is 4.79 Å². The molecule has 1 N–H and O–H groups in total. The van der Waals surface area contributed by atoms with Crippen LogP contribution in [-0.4, -0.2) is 23.3 Å². The van der Waals surface area contributed by atoms with Gasteiger partial charge in [-0.2, -0.15) is 0 Å². The van der Waals surface area contributed by atoms with Crippen LogP contribution >= 0.6 is 0 Å². The molecule has 2 atom stereocenters. The quantitative estimate of drug-likeness (QED) is 0.220. The Hall–Kier alpha value is -1.61. The van der Waals surface area contributed by atoms with Crippen LogP contribution < -0.4 is 0 Å². The van der Waals surface area contributed by atoms with Gasteiger partial charge in [0, 0.05) is 6.42 Å². The minimum Gasteiger partial charge on any atom is -0.481 e. The fourth-order valence-corrected chi connectivity index (χ4v) is 2.28. The van der Waals surface area contributed by atoms with Crippen LogP contribution in [0.4, 0.5) is 0 Å². The number of unbranched alkanes of at least 4 members (excludes halogenated alkanes) is 3. The van der Waals surface area contributed by atoms with Crippen LogP contribution in [0.3, 0.4) is 0 Å². The summed E-state index contributed by atoms with van der Waals surface area (Å²) in [5.74, 6) is -0.733. The second-order valence-electron chi connectivity index (χ2n) is 5.83. The molecular formula is C20H30O3. The van der Waals surface area contributed by atoms with E-state index in [1.54, 1.807) is 0 Å². The van der Waals surface area contributed by atoms with Crippen molar-refractivity contribution in [3.8, 4) is 0 Å². The zero-order valence-corrected chi connectivity index (χ0v) is 14.2. The zero-order chi connectivity index (χ0) is 16.8. The number of epoxide rings is 1. The fraction of sp³-hybridized carbons (Fsp3) is 0.550. The van der Waals surface area contributed by atoms with Gasteiger partial charge in [-0.15, -0.1) is 0 Å². The Kier molecular flexibility index (Phi) is 10.9. The van der Waals surface area contributed by atoms with Gasteiger partial charge in [0.1, 0.15) is 6.10 Å². The molecule has 1 aliphatic heterocycles. The molecule has 1 rings (SSSR count). The molecule has 3 nitrogen and oxygen atoms in total. The lowest BCUT2D eigenvalue weighted by molar-refractivity contribution is -0.137. The molecule has 1 saturated heterocycles. The van der Waals surface area contributed by atoms with Crippen molar-refractivity contribution in [2.75, 3.05) is 0 Å². The number of aliphatic carboxylic acids is 1. The predicted octanol–water partition coefficient (Wildman–Crippen LogP) is 5.20. The van der Waals surface area contributed by atoms with Gasteiger partial charge in [0.15, 0.2) is 0 Å². The molecule has 0 spiro atoms. The van der Waals surface area contributed by atoms with Gasteiger partial charge in [0.25, 0.3) is 0 Å². The predicted molar refractivity (Wildman–Crippen MR) is 95.5 cm³/mol. The Morgan fingerprint density at radius 3 is 2.65 bits per heavy atom. The highest BCUT2D eigenvalue weighted by molar-refractivity contribution is 5.66. The van der Waals surface area contributed by atoms with Crippen molar-refractivity contribution in [3.63, 3.8) is 0 Å². The third kappa shape index (κ3) is 11.6. The number of hydrogen-bond acceptors (Lipinski definition) is 2. The van der Waals surface area contributed by atoms with Gasteiger partial charge in [0.05, 0.1) is 6.10 Å². The summed E-state index contributed by atoms with van der Waals surface area (Å²) in [6.45, 7) is 2.22. The van der Waals surface area contributed by atoms with Crippen molar-refractivity contribution in [3.05, 3.63) is 48.6 Å². The monoisotopic (exact) mass is 318 g/mol. The Morgan fingerprint density at radius 1 is 1.04 bits per heavy atom. The number of ether oxygens (including phenoxy) is 1. The highest BCUT2D eigenvalue weighted by Crippen LogP contribution is 2.28. The molecule has 3 heteroatoms. The summed E-state index contributed by atoms with van der Waals surface area (Å²) in [4.78, 5) is 10.4. The van der Waals surface area contributed by atoms with Gasteiger partial charge < -0.3 is 9.84 Å². The summed E-state index contributed by atoms with van der Waals surface area (Å²) in [6.07, 6.45) is 24.9. The highest BCUT2D eigenvalue weighted by Gasteiger charge is 2.35. The first-order valence-electron chi connectivity index (χ1n) is 8.76. The van der Waals surface area contributed by atoms with Crippen LogP contribution in [0, 0.1) is 0 Å². The SMILES string of the molecule is CCCCC/C=C\C\C=C/C=C\C=C\[C@@H]1O[C@@H]1CCCC(=O)O. The van der Waals surface area contributed by atoms with Gasteiger partial charge in [-0.3, -0.25) is 4.79 Å². The van der Waals surface area contributed by atoms with E-state index >= 15 is 0 Å². The van der Waals surface area contributed by atoms with E-state index in [0.29, 0.717) is 6.42 Å². The molecular weight excluding hydrogens is 288 g/mol. The molecule has 0 aliphatic carbocycles. The molecule has 0 aromatic carbocycles. The van der Waals surface area contributed by atoms with Crippen molar-refractivity contribution >= 4 is 5.97 Å². The molecule has 23 heavy (non-hydrogen) atoms. The third-order valence-electron chi connectivity index (χ3n) is 3.68. The summed E-state index contributed by atoms with van der Waals surface area (Å²) in [5, 5.41) is 8.56. The lowest BCUT2D eigenvalue weighted by Crippen LogP contribution is -1.97. The van der Waals surface area contributed by atoms with Crippen molar-refractivity contribution < 1.29 is 14.6 Å². The topological polar surface area (TPSA) is 49.8 Å². The number of carboxylic acids is 1. The summed E-state index contributed by atoms with van der Waals surface area (Å²) >= 11 is 0. The van der Waals surface area contributed by atoms with E-state index in [1.165, 1.54) is 25.7 Å². The first kappa shape index (κ1) is 19.4. The van der Waals surface area contributed by atoms with Crippen molar-refractivity contribution in [1.82, 2.24) is 0 Å².